The Morgan fingerprint density at radius 1 is 1.31 bits per heavy atom. The molecule has 150 valence electrons. The third kappa shape index (κ3) is 4.79. The van der Waals surface area contributed by atoms with Crippen LogP contribution in [0.1, 0.15) is 18.5 Å². The molecule has 9 nitrogen and oxygen atoms in total. The molecule has 0 aliphatic heterocycles. The molecule has 29 heavy (non-hydrogen) atoms. The molecule has 1 unspecified atom stereocenters. The Balaban J connectivity index is 1.64. The summed E-state index contributed by atoms with van der Waals surface area (Å²) in [7, 11) is 1.77. The average Bonchev–Trinajstić information content (AvgIpc) is 3.23. The lowest BCUT2D eigenvalue weighted by Crippen LogP contribution is -2.32. The minimum absolute atomic E-state index is 0.000521. The number of aromatic nitrogens is 3. The highest BCUT2D eigenvalue weighted by Crippen LogP contribution is 2.25. The maximum absolute atomic E-state index is 13.2. The molecule has 3 rings (SSSR count). The lowest BCUT2D eigenvalue weighted by molar-refractivity contribution is -0.384. The summed E-state index contributed by atoms with van der Waals surface area (Å²) in [5, 5.41) is 17.6. The van der Waals surface area contributed by atoms with Crippen molar-refractivity contribution >= 4 is 17.3 Å². The molecule has 0 aliphatic carbocycles. The zero-order valence-corrected chi connectivity index (χ0v) is 15.8. The standard InChI is InChI=1S/C19H19FN6O3/c1-13(14-3-6-16(7-4-14)25-12-21-11-22-25)24(2)10-19(27)23-17-8-5-15(20)9-18(17)26(28)29/h3-9,11-13H,10H2,1-2H3,(H,23,27). The molecule has 0 bridgehead atoms. The molecule has 0 spiro atoms. The Labute approximate surface area is 165 Å². The number of likely N-dealkylation sites (N-methyl/N-ethyl adjacent to an activating group) is 1. The van der Waals surface area contributed by atoms with E-state index in [1.54, 1.807) is 23.0 Å². The lowest BCUT2D eigenvalue weighted by Gasteiger charge is -2.24. The van der Waals surface area contributed by atoms with Crippen LogP contribution in [0, 0.1) is 15.9 Å². The third-order valence-corrected chi connectivity index (χ3v) is 4.54. The first-order valence-electron chi connectivity index (χ1n) is 8.74. The minimum atomic E-state index is -0.741. The number of benzene rings is 2. The van der Waals surface area contributed by atoms with Gasteiger partial charge in [0.25, 0.3) is 5.69 Å². The fourth-order valence-electron chi connectivity index (χ4n) is 2.82. The van der Waals surface area contributed by atoms with Crippen molar-refractivity contribution in [1.29, 1.82) is 0 Å². The lowest BCUT2D eigenvalue weighted by atomic mass is 10.1. The molecule has 3 aromatic rings. The molecule has 0 aliphatic rings. The van der Waals surface area contributed by atoms with Gasteiger partial charge >= 0.3 is 0 Å². The fourth-order valence-corrected chi connectivity index (χ4v) is 2.82. The van der Waals surface area contributed by atoms with E-state index in [1.165, 1.54) is 12.4 Å². The van der Waals surface area contributed by atoms with Gasteiger partial charge in [0.15, 0.2) is 0 Å². The number of halogens is 1. The van der Waals surface area contributed by atoms with E-state index in [4.69, 9.17) is 0 Å². The van der Waals surface area contributed by atoms with Gasteiger partial charge < -0.3 is 5.32 Å². The summed E-state index contributed by atoms with van der Waals surface area (Å²) >= 11 is 0. The van der Waals surface area contributed by atoms with Crippen LogP contribution < -0.4 is 5.32 Å². The Morgan fingerprint density at radius 2 is 2.03 bits per heavy atom. The molecular weight excluding hydrogens is 379 g/mol. The van der Waals surface area contributed by atoms with E-state index < -0.39 is 22.3 Å². The van der Waals surface area contributed by atoms with Crippen molar-refractivity contribution < 1.29 is 14.1 Å². The number of nitrogens with zero attached hydrogens (tertiary/aromatic N) is 5. The first-order chi connectivity index (χ1) is 13.8. The average molecular weight is 398 g/mol. The Kier molecular flexibility index (Phi) is 5.93. The van der Waals surface area contributed by atoms with Crippen molar-refractivity contribution in [2.24, 2.45) is 0 Å². The number of hydrogen-bond donors (Lipinski definition) is 1. The monoisotopic (exact) mass is 398 g/mol. The van der Waals surface area contributed by atoms with E-state index in [0.29, 0.717) is 0 Å². The van der Waals surface area contributed by atoms with Crippen LogP contribution in [-0.4, -0.2) is 44.1 Å². The molecule has 1 N–H and O–H groups in total. The molecule has 1 amide bonds. The molecule has 1 atom stereocenters. The quantitative estimate of drug-likeness (QED) is 0.484. The fraction of sp³-hybridized carbons (Fsp3) is 0.211. The summed E-state index contributed by atoms with van der Waals surface area (Å²) in [6.45, 7) is 1.94. The number of rotatable bonds is 7. The van der Waals surface area contributed by atoms with Crippen molar-refractivity contribution in [3.8, 4) is 5.69 Å². The predicted molar refractivity (Wildman–Crippen MR) is 104 cm³/mol. The van der Waals surface area contributed by atoms with Crippen LogP contribution in [0.15, 0.2) is 55.1 Å². The number of anilines is 1. The molecular formula is C19H19FN6O3. The summed E-state index contributed by atoms with van der Waals surface area (Å²) in [5.74, 6) is -1.18. The second kappa shape index (κ2) is 8.57. The molecule has 10 heteroatoms. The SMILES string of the molecule is CC(c1ccc(-n2cncn2)cc1)N(C)CC(=O)Nc1ccc(F)cc1[N+](=O)[O-]. The summed E-state index contributed by atoms with van der Waals surface area (Å²) in [6.07, 6.45) is 3.05. The van der Waals surface area contributed by atoms with Gasteiger partial charge in [-0.05, 0) is 43.8 Å². The topological polar surface area (TPSA) is 106 Å². The van der Waals surface area contributed by atoms with Gasteiger partial charge in [-0.3, -0.25) is 19.8 Å². The van der Waals surface area contributed by atoms with Gasteiger partial charge in [0, 0.05) is 6.04 Å². The zero-order valence-electron chi connectivity index (χ0n) is 15.8. The second-order valence-electron chi connectivity index (χ2n) is 6.49. The summed E-state index contributed by atoms with van der Waals surface area (Å²) in [4.78, 5) is 28.4. The minimum Gasteiger partial charge on any atom is -0.319 e. The first kappa shape index (κ1) is 20.1. The van der Waals surface area contributed by atoms with Gasteiger partial charge in [0.1, 0.15) is 24.2 Å². The van der Waals surface area contributed by atoms with Gasteiger partial charge in [-0.25, -0.2) is 14.1 Å². The van der Waals surface area contributed by atoms with Crippen LogP contribution in [0.2, 0.25) is 0 Å². The normalized spacial score (nSPS) is 12.0. The largest absolute Gasteiger partial charge is 0.319 e. The summed E-state index contributed by atoms with van der Waals surface area (Å²) in [6, 6.07) is 10.6. The van der Waals surface area contributed by atoms with Gasteiger partial charge in [-0.2, -0.15) is 5.10 Å². The van der Waals surface area contributed by atoms with Crippen molar-refractivity contribution in [2.75, 3.05) is 18.9 Å². The summed E-state index contributed by atoms with van der Waals surface area (Å²) < 4.78 is 14.9. The van der Waals surface area contributed by atoms with E-state index in [1.807, 2.05) is 31.2 Å². The highest BCUT2D eigenvalue weighted by atomic mass is 19.1. The highest BCUT2D eigenvalue weighted by molar-refractivity contribution is 5.94. The molecule has 0 saturated heterocycles. The molecule has 0 fully saturated rings. The second-order valence-corrected chi connectivity index (χ2v) is 6.49. The maximum atomic E-state index is 13.2. The van der Waals surface area contributed by atoms with Crippen molar-refractivity contribution in [3.05, 3.63) is 76.6 Å². The molecule has 1 aromatic heterocycles. The number of nitrogens with one attached hydrogen (secondary N) is 1. The molecule has 1 heterocycles. The number of amides is 1. The first-order valence-corrected chi connectivity index (χ1v) is 8.74. The van der Waals surface area contributed by atoms with Gasteiger partial charge in [0.2, 0.25) is 5.91 Å². The van der Waals surface area contributed by atoms with Gasteiger partial charge in [0.05, 0.1) is 23.2 Å². The highest BCUT2D eigenvalue weighted by Gasteiger charge is 2.19. The van der Waals surface area contributed by atoms with Crippen LogP contribution in [0.5, 0.6) is 0 Å². The van der Waals surface area contributed by atoms with E-state index in [-0.39, 0.29) is 18.3 Å². The van der Waals surface area contributed by atoms with Crippen molar-refractivity contribution in [2.45, 2.75) is 13.0 Å². The van der Waals surface area contributed by atoms with Crippen LogP contribution in [0.3, 0.4) is 0 Å². The molecule has 0 saturated carbocycles. The number of hydrogen-bond acceptors (Lipinski definition) is 6. The van der Waals surface area contributed by atoms with Crippen LogP contribution in [-0.2, 0) is 4.79 Å². The van der Waals surface area contributed by atoms with E-state index in [2.05, 4.69) is 15.4 Å². The summed E-state index contributed by atoms with van der Waals surface area (Å²) in [5.41, 5.74) is 1.32. The van der Waals surface area contributed by atoms with Crippen LogP contribution in [0.25, 0.3) is 5.69 Å². The van der Waals surface area contributed by atoms with E-state index >= 15 is 0 Å². The Hall–Kier alpha value is -3.66. The van der Waals surface area contributed by atoms with E-state index in [0.717, 1.165) is 23.4 Å². The molecule has 0 radical (unpaired) electrons. The Morgan fingerprint density at radius 3 is 2.66 bits per heavy atom. The van der Waals surface area contributed by atoms with Gasteiger partial charge in [-0.1, -0.05) is 12.1 Å². The molecule has 2 aromatic carbocycles. The Bertz CT molecular complexity index is 1010. The zero-order chi connectivity index (χ0) is 21.0. The van der Waals surface area contributed by atoms with Gasteiger partial charge in [-0.15, -0.1) is 0 Å². The maximum Gasteiger partial charge on any atom is 0.295 e. The van der Waals surface area contributed by atoms with Crippen molar-refractivity contribution in [3.63, 3.8) is 0 Å². The number of carbonyl (C=O) groups is 1. The van der Waals surface area contributed by atoms with Crippen LogP contribution >= 0.6 is 0 Å². The third-order valence-electron chi connectivity index (χ3n) is 4.54. The van der Waals surface area contributed by atoms with Crippen molar-refractivity contribution in [1.82, 2.24) is 19.7 Å². The van der Waals surface area contributed by atoms with E-state index in [9.17, 15) is 19.3 Å². The smallest absolute Gasteiger partial charge is 0.295 e. The number of carbonyl (C=O) groups excluding carboxylic acids is 1. The van der Waals surface area contributed by atoms with Crippen LogP contribution in [0.4, 0.5) is 15.8 Å². The number of nitro groups is 1. The predicted octanol–water partition coefficient (Wildman–Crippen LogP) is 2.95. The number of nitro benzene ring substituents is 1.